The molecule has 1 aromatic carbocycles. The van der Waals surface area contributed by atoms with E-state index in [0.29, 0.717) is 6.42 Å². The summed E-state index contributed by atoms with van der Waals surface area (Å²) in [6, 6.07) is 8.05. The minimum Gasteiger partial charge on any atom is -0.481 e. The van der Waals surface area contributed by atoms with Gasteiger partial charge in [0.1, 0.15) is 5.82 Å². The molecule has 1 atom stereocenters. The smallest absolute Gasteiger partial charge is 0.303 e. The number of aliphatic carboxylic acids is 1. The molecular weight excluding hydrogens is 375 g/mol. The van der Waals surface area contributed by atoms with Gasteiger partial charge in [0.15, 0.2) is 5.76 Å². The van der Waals surface area contributed by atoms with Gasteiger partial charge in [-0.2, -0.15) is 0 Å². The summed E-state index contributed by atoms with van der Waals surface area (Å²) in [7, 11) is 0. The summed E-state index contributed by atoms with van der Waals surface area (Å²) in [6.45, 7) is 6.34. The van der Waals surface area contributed by atoms with Crippen molar-refractivity contribution in [2.24, 2.45) is 0 Å². The van der Waals surface area contributed by atoms with Crippen LogP contribution in [-0.4, -0.2) is 45.9 Å². The number of benzene rings is 1. The molecular formula is C22H29FN2O4. The van der Waals surface area contributed by atoms with Gasteiger partial charge in [0.05, 0.1) is 11.8 Å². The Hall–Kier alpha value is -2.51. The van der Waals surface area contributed by atoms with Gasteiger partial charge < -0.3 is 14.7 Å². The van der Waals surface area contributed by atoms with E-state index in [2.05, 4.69) is 16.1 Å². The number of halogens is 1. The number of carboxylic acids is 1. The zero-order valence-electron chi connectivity index (χ0n) is 17.0. The predicted octanol–water partition coefficient (Wildman–Crippen LogP) is 4.21. The third-order valence-electron chi connectivity index (χ3n) is 4.75. The lowest BCUT2D eigenvalue weighted by Crippen LogP contribution is -2.29. The molecule has 0 aliphatic carbocycles. The maximum atomic E-state index is 12.9. The van der Waals surface area contributed by atoms with Crippen LogP contribution in [0.25, 0.3) is 5.57 Å². The lowest BCUT2D eigenvalue weighted by Gasteiger charge is -2.25. The second-order valence-electron chi connectivity index (χ2n) is 7.07. The summed E-state index contributed by atoms with van der Waals surface area (Å²) in [6.07, 6.45) is 4.43. The normalized spacial score (nSPS) is 15.2. The Kier molecular flexibility index (Phi) is 9.02. The summed E-state index contributed by atoms with van der Waals surface area (Å²) < 4.78 is 18.2. The van der Waals surface area contributed by atoms with Crippen LogP contribution in [0.1, 0.15) is 55.7 Å². The maximum absolute atomic E-state index is 12.9. The van der Waals surface area contributed by atoms with Crippen LogP contribution in [-0.2, 0) is 4.79 Å². The van der Waals surface area contributed by atoms with E-state index in [1.807, 2.05) is 13.0 Å². The van der Waals surface area contributed by atoms with Crippen molar-refractivity contribution < 1.29 is 23.9 Å². The number of hydrogen-bond acceptors (Lipinski definition) is 5. The van der Waals surface area contributed by atoms with Crippen molar-refractivity contribution in [1.82, 2.24) is 10.1 Å². The maximum Gasteiger partial charge on any atom is 0.303 e. The number of carboxylic acid groups (broad SMARTS) is 1. The topological polar surface area (TPSA) is 86.8 Å². The Labute approximate surface area is 170 Å². The Morgan fingerprint density at radius 3 is 2.55 bits per heavy atom. The predicted molar refractivity (Wildman–Crippen MR) is 109 cm³/mol. The number of aryl methyl sites for hydroxylation is 1. The third kappa shape index (κ3) is 7.79. The molecule has 2 aromatic rings. The van der Waals surface area contributed by atoms with Crippen LogP contribution >= 0.6 is 0 Å². The minimum absolute atomic E-state index is 0.222. The van der Waals surface area contributed by atoms with Crippen LogP contribution in [0.5, 0.6) is 0 Å². The number of aliphatic hydroxyl groups excluding tert-OH is 1. The Morgan fingerprint density at radius 2 is 2.03 bits per heavy atom. The highest BCUT2D eigenvalue weighted by Gasteiger charge is 2.16. The van der Waals surface area contributed by atoms with E-state index >= 15 is 0 Å². The van der Waals surface area contributed by atoms with E-state index in [4.69, 9.17) is 9.63 Å². The number of nitrogens with zero attached hydrogens (tertiary/aromatic N) is 2. The molecule has 0 saturated carbocycles. The molecule has 1 aliphatic rings. The van der Waals surface area contributed by atoms with Crippen molar-refractivity contribution in [3.8, 4) is 0 Å². The summed E-state index contributed by atoms with van der Waals surface area (Å²) >= 11 is 0. The quantitative estimate of drug-likeness (QED) is 0.719. The summed E-state index contributed by atoms with van der Waals surface area (Å²) in [4.78, 5) is 11.7. The van der Waals surface area contributed by atoms with Gasteiger partial charge in [-0.05, 0) is 56.0 Å². The van der Waals surface area contributed by atoms with E-state index in [9.17, 15) is 14.3 Å². The molecule has 1 unspecified atom stereocenters. The fourth-order valence-corrected chi connectivity index (χ4v) is 3.01. The van der Waals surface area contributed by atoms with Gasteiger partial charge in [-0.1, -0.05) is 30.3 Å². The average molecular weight is 404 g/mol. The van der Waals surface area contributed by atoms with Gasteiger partial charge in [-0.25, -0.2) is 4.39 Å². The van der Waals surface area contributed by atoms with E-state index in [1.165, 1.54) is 17.7 Å². The lowest BCUT2D eigenvalue weighted by atomic mass is 10.0. The Bertz CT molecular complexity index is 801. The highest BCUT2D eigenvalue weighted by atomic mass is 19.1. The number of rotatable bonds is 7. The molecule has 1 aliphatic heterocycles. The van der Waals surface area contributed by atoms with Crippen LogP contribution < -0.4 is 0 Å². The number of carbonyl (C=O) groups is 1. The number of aliphatic hydroxyl groups is 1. The van der Waals surface area contributed by atoms with Crippen molar-refractivity contribution in [3.05, 3.63) is 59.2 Å². The molecule has 0 spiro atoms. The fourth-order valence-electron chi connectivity index (χ4n) is 3.01. The van der Waals surface area contributed by atoms with Gasteiger partial charge >= 0.3 is 5.97 Å². The molecule has 0 fully saturated rings. The minimum atomic E-state index is -0.745. The summed E-state index contributed by atoms with van der Waals surface area (Å²) in [5.74, 6) is -0.146. The van der Waals surface area contributed by atoms with Gasteiger partial charge in [-0.3, -0.25) is 9.69 Å². The number of hydrogen-bond donors (Lipinski definition) is 2. The first-order valence-electron chi connectivity index (χ1n) is 9.89. The molecule has 0 saturated heterocycles. The molecule has 6 nitrogen and oxygen atoms in total. The van der Waals surface area contributed by atoms with E-state index in [0.717, 1.165) is 49.5 Å². The van der Waals surface area contributed by atoms with E-state index < -0.39 is 12.1 Å². The third-order valence-corrected chi connectivity index (χ3v) is 4.75. The highest BCUT2D eigenvalue weighted by Crippen LogP contribution is 2.24. The first-order chi connectivity index (χ1) is 13.9. The molecule has 158 valence electrons. The zero-order valence-corrected chi connectivity index (χ0v) is 17.0. The van der Waals surface area contributed by atoms with Crippen molar-refractivity contribution in [1.29, 1.82) is 0 Å². The molecule has 0 bridgehead atoms. The number of aromatic nitrogens is 1. The SMILES string of the molecule is CCC(=O)O.Cc1cc(C2=CCN(CCCC(O)c3ccc(F)cc3)CC2)on1. The van der Waals surface area contributed by atoms with Crippen molar-refractivity contribution >= 4 is 11.5 Å². The second-order valence-corrected chi connectivity index (χ2v) is 7.07. The summed E-state index contributed by atoms with van der Waals surface area (Å²) in [5, 5.41) is 21.8. The van der Waals surface area contributed by atoms with Crippen LogP contribution in [0.4, 0.5) is 4.39 Å². The van der Waals surface area contributed by atoms with Crippen LogP contribution in [0.2, 0.25) is 0 Å². The monoisotopic (exact) mass is 404 g/mol. The van der Waals surface area contributed by atoms with E-state index in [1.54, 1.807) is 19.1 Å². The summed E-state index contributed by atoms with van der Waals surface area (Å²) in [5.41, 5.74) is 2.90. The first kappa shape index (κ1) is 22.8. The standard InChI is InChI=1S/C19H23FN2O2.C3H6O2/c1-14-13-19(24-21-14)16-8-11-22(12-9-16)10-2-3-18(23)15-4-6-17(20)7-5-15;1-2-3(4)5/h4-8,13,18,23H,2-3,9-12H2,1H3;2H2,1H3,(H,4,5). The highest BCUT2D eigenvalue weighted by molar-refractivity contribution is 5.66. The Morgan fingerprint density at radius 1 is 1.34 bits per heavy atom. The van der Waals surface area contributed by atoms with Crippen LogP contribution in [0.15, 0.2) is 40.9 Å². The van der Waals surface area contributed by atoms with Crippen LogP contribution in [0, 0.1) is 12.7 Å². The fraction of sp³-hybridized carbons (Fsp3) is 0.455. The molecule has 7 heteroatoms. The van der Waals surface area contributed by atoms with Gasteiger partial charge in [0, 0.05) is 25.6 Å². The van der Waals surface area contributed by atoms with Crippen molar-refractivity contribution in [2.75, 3.05) is 19.6 Å². The van der Waals surface area contributed by atoms with Crippen molar-refractivity contribution in [2.45, 2.75) is 45.6 Å². The molecule has 29 heavy (non-hydrogen) atoms. The van der Waals surface area contributed by atoms with Crippen molar-refractivity contribution in [3.63, 3.8) is 0 Å². The second kappa shape index (κ2) is 11.5. The lowest BCUT2D eigenvalue weighted by molar-refractivity contribution is -0.136. The van der Waals surface area contributed by atoms with Gasteiger partial charge in [-0.15, -0.1) is 0 Å². The zero-order chi connectivity index (χ0) is 21.2. The molecule has 2 heterocycles. The molecule has 3 rings (SSSR count). The molecule has 1 aromatic heterocycles. The molecule has 0 radical (unpaired) electrons. The van der Waals surface area contributed by atoms with E-state index in [-0.39, 0.29) is 12.2 Å². The largest absolute Gasteiger partial charge is 0.481 e. The Balaban J connectivity index is 0.000000537. The van der Waals surface area contributed by atoms with Gasteiger partial charge in [0.2, 0.25) is 0 Å². The molecule has 0 amide bonds. The van der Waals surface area contributed by atoms with Gasteiger partial charge in [0.25, 0.3) is 0 Å². The van der Waals surface area contributed by atoms with Crippen LogP contribution in [0.3, 0.4) is 0 Å². The average Bonchev–Trinajstić information content (AvgIpc) is 3.15. The molecule has 2 N–H and O–H groups in total. The first-order valence-corrected chi connectivity index (χ1v) is 9.89.